The van der Waals surface area contributed by atoms with Crippen molar-refractivity contribution < 1.29 is 0 Å². The second-order valence-corrected chi connectivity index (χ2v) is 6.58. The van der Waals surface area contributed by atoms with Crippen molar-refractivity contribution in [3.05, 3.63) is 20.8 Å². The average Bonchev–Trinajstić information content (AvgIpc) is 2.92. The minimum atomic E-state index is 0.546. The second kappa shape index (κ2) is 5.87. The summed E-state index contributed by atoms with van der Waals surface area (Å²) >= 11 is 5.34. The van der Waals surface area contributed by atoms with Crippen LogP contribution in [0.4, 0.5) is 0 Å². The molecule has 1 saturated carbocycles. The summed E-state index contributed by atoms with van der Waals surface area (Å²) < 4.78 is 1.22. The molecule has 2 atom stereocenters. The van der Waals surface area contributed by atoms with E-state index >= 15 is 0 Å². The first kappa shape index (κ1) is 12.9. The molecular formula is C12H18BrN3S. The number of nitrogens with zero attached hydrogens (tertiary/aromatic N) is 1. The zero-order chi connectivity index (χ0) is 12.3. The third-order valence-electron chi connectivity index (χ3n) is 2.73. The van der Waals surface area contributed by atoms with Gasteiger partial charge in [0.15, 0.2) is 5.96 Å². The van der Waals surface area contributed by atoms with Gasteiger partial charge < -0.3 is 10.6 Å². The number of rotatable bonds is 4. The average molecular weight is 316 g/mol. The van der Waals surface area contributed by atoms with Crippen molar-refractivity contribution in [3.8, 4) is 0 Å². The number of hydrogen-bond donors (Lipinski definition) is 2. The van der Waals surface area contributed by atoms with Crippen LogP contribution in [0.5, 0.6) is 0 Å². The maximum atomic E-state index is 4.42. The highest BCUT2D eigenvalue weighted by Gasteiger charge is 2.39. The van der Waals surface area contributed by atoms with Crippen molar-refractivity contribution in [2.24, 2.45) is 4.99 Å². The van der Waals surface area contributed by atoms with Gasteiger partial charge in [0.1, 0.15) is 0 Å². The number of halogens is 1. The zero-order valence-electron chi connectivity index (χ0n) is 10.2. The summed E-state index contributed by atoms with van der Waals surface area (Å²) in [5.41, 5.74) is 0. The first-order valence-electron chi connectivity index (χ1n) is 6.04. The Morgan fingerprint density at radius 1 is 1.53 bits per heavy atom. The van der Waals surface area contributed by atoms with E-state index in [4.69, 9.17) is 0 Å². The Labute approximate surface area is 115 Å². The summed E-state index contributed by atoms with van der Waals surface area (Å²) in [6, 6.07) is 4.89. The van der Waals surface area contributed by atoms with Crippen LogP contribution in [0.2, 0.25) is 0 Å². The molecule has 3 nitrogen and oxygen atoms in total. The third-order valence-corrected chi connectivity index (χ3v) is 4.49. The lowest BCUT2D eigenvalue weighted by atomic mass is 10.3. The van der Waals surface area contributed by atoms with Crippen LogP contribution < -0.4 is 10.6 Å². The van der Waals surface area contributed by atoms with Gasteiger partial charge in [0.2, 0.25) is 0 Å². The van der Waals surface area contributed by atoms with Gasteiger partial charge in [-0.15, -0.1) is 11.3 Å². The summed E-state index contributed by atoms with van der Waals surface area (Å²) in [6.07, 6.45) is 1.21. The molecule has 1 fully saturated rings. The molecule has 1 aliphatic rings. The SMILES string of the molecule is CCN=C(NCC)N[C@@H]1C[C@H]1c1ccc(Br)s1. The smallest absolute Gasteiger partial charge is 0.191 e. The van der Waals surface area contributed by atoms with Crippen LogP contribution in [-0.4, -0.2) is 25.1 Å². The van der Waals surface area contributed by atoms with E-state index in [0.717, 1.165) is 19.0 Å². The fourth-order valence-corrected chi connectivity index (χ4v) is 3.45. The molecule has 17 heavy (non-hydrogen) atoms. The van der Waals surface area contributed by atoms with E-state index in [1.165, 1.54) is 15.1 Å². The molecule has 0 radical (unpaired) electrons. The first-order valence-corrected chi connectivity index (χ1v) is 7.65. The van der Waals surface area contributed by atoms with Crippen LogP contribution in [0, 0.1) is 0 Å². The molecule has 0 aromatic carbocycles. The summed E-state index contributed by atoms with van der Waals surface area (Å²) in [5, 5.41) is 6.75. The predicted molar refractivity (Wildman–Crippen MR) is 78.0 cm³/mol. The molecule has 0 aliphatic heterocycles. The highest BCUT2D eigenvalue weighted by atomic mass is 79.9. The first-order chi connectivity index (χ1) is 8.24. The molecular weight excluding hydrogens is 298 g/mol. The van der Waals surface area contributed by atoms with E-state index < -0.39 is 0 Å². The van der Waals surface area contributed by atoms with Gasteiger partial charge in [0.25, 0.3) is 0 Å². The number of thiophene rings is 1. The minimum Gasteiger partial charge on any atom is -0.357 e. The van der Waals surface area contributed by atoms with Crippen molar-refractivity contribution in [1.29, 1.82) is 0 Å². The monoisotopic (exact) mass is 315 g/mol. The van der Waals surface area contributed by atoms with Gasteiger partial charge in [0.05, 0.1) is 3.79 Å². The number of hydrogen-bond acceptors (Lipinski definition) is 2. The van der Waals surface area contributed by atoms with E-state index in [1.54, 1.807) is 0 Å². The molecule has 0 bridgehead atoms. The van der Waals surface area contributed by atoms with E-state index in [-0.39, 0.29) is 0 Å². The zero-order valence-corrected chi connectivity index (χ0v) is 12.6. The van der Waals surface area contributed by atoms with Crippen LogP contribution >= 0.6 is 27.3 Å². The third kappa shape index (κ3) is 3.45. The molecule has 0 spiro atoms. The Hall–Kier alpha value is -0.550. The molecule has 0 unspecified atom stereocenters. The number of nitrogens with one attached hydrogen (secondary N) is 2. The van der Waals surface area contributed by atoms with Gasteiger partial charge in [-0.25, -0.2) is 0 Å². The Morgan fingerprint density at radius 3 is 2.94 bits per heavy atom. The molecule has 1 aromatic rings. The highest BCUT2D eigenvalue weighted by molar-refractivity contribution is 9.11. The Morgan fingerprint density at radius 2 is 2.35 bits per heavy atom. The lowest BCUT2D eigenvalue weighted by Crippen LogP contribution is -2.39. The Bertz CT molecular complexity index is 402. The summed E-state index contributed by atoms with van der Waals surface area (Å²) in [7, 11) is 0. The van der Waals surface area contributed by atoms with Gasteiger partial charge in [-0.05, 0) is 48.3 Å². The van der Waals surface area contributed by atoms with E-state index in [9.17, 15) is 0 Å². The van der Waals surface area contributed by atoms with E-state index in [1.807, 2.05) is 11.3 Å². The molecule has 5 heteroatoms. The maximum Gasteiger partial charge on any atom is 0.191 e. The Balaban J connectivity index is 1.88. The van der Waals surface area contributed by atoms with Crippen LogP contribution in [0.15, 0.2) is 20.9 Å². The normalized spacial score (nSPS) is 23.6. The fraction of sp³-hybridized carbons (Fsp3) is 0.583. The van der Waals surface area contributed by atoms with Gasteiger partial charge in [-0.2, -0.15) is 0 Å². The predicted octanol–water partition coefficient (Wildman–Crippen LogP) is 2.94. The number of aliphatic imine (C=N–C) groups is 1. The summed E-state index contributed by atoms with van der Waals surface area (Å²) in [6.45, 7) is 5.87. The molecule has 1 aromatic heterocycles. The largest absolute Gasteiger partial charge is 0.357 e. The fourth-order valence-electron chi connectivity index (χ4n) is 1.85. The van der Waals surface area contributed by atoms with Gasteiger partial charge in [-0.1, -0.05) is 0 Å². The van der Waals surface area contributed by atoms with Gasteiger partial charge in [0, 0.05) is 29.9 Å². The molecule has 0 amide bonds. The van der Waals surface area contributed by atoms with Crippen LogP contribution in [0.3, 0.4) is 0 Å². The Kier molecular flexibility index (Phi) is 4.45. The minimum absolute atomic E-state index is 0.546. The molecule has 1 heterocycles. The van der Waals surface area contributed by atoms with Gasteiger partial charge >= 0.3 is 0 Å². The lowest BCUT2D eigenvalue weighted by molar-refractivity contribution is 0.801. The topological polar surface area (TPSA) is 36.4 Å². The maximum absolute atomic E-state index is 4.42. The number of guanidine groups is 1. The van der Waals surface area contributed by atoms with Gasteiger partial charge in [-0.3, -0.25) is 4.99 Å². The van der Waals surface area contributed by atoms with Crippen LogP contribution in [0.25, 0.3) is 0 Å². The standard InChI is InChI=1S/C12H18BrN3S/c1-3-14-12(15-4-2)16-9-7-8(9)10-5-6-11(13)17-10/h5-6,8-9H,3-4,7H2,1-2H3,(H2,14,15,16)/t8-,9-/m1/s1. The summed E-state index contributed by atoms with van der Waals surface area (Å²) in [4.78, 5) is 5.88. The quantitative estimate of drug-likeness (QED) is 0.662. The van der Waals surface area contributed by atoms with Crippen molar-refractivity contribution in [2.45, 2.75) is 32.2 Å². The van der Waals surface area contributed by atoms with Crippen molar-refractivity contribution in [3.63, 3.8) is 0 Å². The molecule has 2 N–H and O–H groups in total. The van der Waals surface area contributed by atoms with Crippen molar-refractivity contribution in [1.82, 2.24) is 10.6 Å². The second-order valence-electron chi connectivity index (χ2n) is 4.09. The van der Waals surface area contributed by atoms with E-state index in [0.29, 0.717) is 12.0 Å². The summed E-state index contributed by atoms with van der Waals surface area (Å²) in [5.74, 6) is 1.60. The molecule has 2 rings (SSSR count). The van der Waals surface area contributed by atoms with Crippen molar-refractivity contribution >= 4 is 33.2 Å². The van der Waals surface area contributed by atoms with Crippen LogP contribution in [0.1, 0.15) is 31.1 Å². The van der Waals surface area contributed by atoms with Crippen molar-refractivity contribution in [2.75, 3.05) is 13.1 Å². The van der Waals surface area contributed by atoms with Crippen LogP contribution in [-0.2, 0) is 0 Å². The van der Waals surface area contributed by atoms with E-state index in [2.05, 4.69) is 57.5 Å². The molecule has 94 valence electrons. The molecule has 0 saturated heterocycles. The highest BCUT2D eigenvalue weighted by Crippen LogP contribution is 2.44. The molecule has 1 aliphatic carbocycles. The lowest BCUT2D eigenvalue weighted by Gasteiger charge is -2.10.